The third kappa shape index (κ3) is 4.31. The normalized spacial score (nSPS) is 10.5. The van der Waals surface area contributed by atoms with Crippen molar-refractivity contribution in [3.63, 3.8) is 0 Å². The average Bonchev–Trinajstić information content (AvgIpc) is 2.52. The number of hydrogen-bond donors (Lipinski definition) is 0. The van der Waals surface area contributed by atoms with Crippen molar-refractivity contribution in [3.05, 3.63) is 88.9 Å². The van der Waals surface area contributed by atoms with Crippen molar-refractivity contribution >= 4 is 11.5 Å². The summed E-state index contributed by atoms with van der Waals surface area (Å²) in [6.45, 7) is 12.9. The molecule has 0 heterocycles. The van der Waals surface area contributed by atoms with E-state index in [1.807, 2.05) is 60.7 Å². The molecule has 3 nitrogen and oxygen atoms in total. The van der Waals surface area contributed by atoms with Crippen LogP contribution < -0.4 is 0 Å². The predicted molar refractivity (Wildman–Crippen MR) is 91.4 cm³/mol. The predicted octanol–water partition coefficient (Wildman–Crippen LogP) is 4.71. The summed E-state index contributed by atoms with van der Waals surface area (Å²) < 4.78 is 5.40. The van der Waals surface area contributed by atoms with E-state index < -0.39 is 11.6 Å². The summed E-state index contributed by atoms with van der Waals surface area (Å²) in [5, 5.41) is 0. The lowest BCUT2D eigenvalue weighted by Crippen LogP contribution is -2.24. The van der Waals surface area contributed by atoms with Crippen molar-refractivity contribution in [2.24, 2.45) is 0 Å². The van der Waals surface area contributed by atoms with Crippen LogP contribution >= 0.6 is 0 Å². The minimum absolute atomic E-state index is 0.00248. The molecule has 0 N–H and O–H groups in total. The fourth-order valence-corrected chi connectivity index (χ4v) is 2.18. The van der Waals surface area contributed by atoms with E-state index >= 15 is 0 Å². The fourth-order valence-electron chi connectivity index (χ4n) is 2.18. The second kappa shape index (κ2) is 6.93. The van der Waals surface area contributed by atoms with Crippen LogP contribution in [0.3, 0.4) is 0 Å². The molecule has 116 valence electrons. The van der Waals surface area contributed by atoms with Gasteiger partial charge in [0.1, 0.15) is 5.60 Å². The molecule has 0 unspecified atom stereocenters. The van der Waals surface area contributed by atoms with E-state index in [4.69, 9.17) is 11.3 Å². The lowest BCUT2D eigenvalue weighted by molar-refractivity contribution is -0.149. The molecule has 0 aliphatic carbocycles. The first-order valence-corrected chi connectivity index (χ1v) is 7.38. The molecule has 2 aromatic carbocycles. The molecular formula is C20H19NO2. The lowest BCUT2D eigenvalue weighted by Gasteiger charge is -2.20. The highest BCUT2D eigenvalue weighted by Gasteiger charge is 2.24. The summed E-state index contributed by atoms with van der Waals surface area (Å²) in [6.07, 6.45) is 0. The van der Waals surface area contributed by atoms with E-state index in [0.29, 0.717) is 5.57 Å². The third-order valence-corrected chi connectivity index (χ3v) is 3.07. The van der Waals surface area contributed by atoms with Crippen LogP contribution in [0.25, 0.3) is 10.4 Å². The molecule has 0 saturated heterocycles. The summed E-state index contributed by atoms with van der Waals surface area (Å²) in [4.78, 5) is 16.0. The third-order valence-electron chi connectivity index (χ3n) is 3.07. The Hall–Kier alpha value is -2.86. The van der Waals surface area contributed by atoms with Crippen molar-refractivity contribution in [3.8, 4) is 0 Å². The minimum atomic E-state index is -0.647. The van der Waals surface area contributed by atoms with E-state index in [-0.39, 0.29) is 5.70 Å². The van der Waals surface area contributed by atoms with Crippen LogP contribution in [0.15, 0.2) is 66.4 Å². The van der Waals surface area contributed by atoms with Gasteiger partial charge in [0.2, 0.25) is 0 Å². The maximum atomic E-state index is 12.5. The molecule has 0 atom stereocenters. The number of carbonyl (C=O) groups excluding carboxylic acids is 1. The average molecular weight is 305 g/mol. The second-order valence-corrected chi connectivity index (χ2v) is 6.07. The van der Waals surface area contributed by atoms with Crippen LogP contribution in [0.2, 0.25) is 0 Å². The topological polar surface area (TPSA) is 30.7 Å². The molecule has 0 amide bonds. The van der Waals surface area contributed by atoms with Gasteiger partial charge in [0.15, 0.2) is 0 Å². The highest BCUT2D eigenvalue weighted by molar-refractivity contribution is 6.03. The first-order valence-electron chi connectivity index (χ1n) is 7.38. The van der Waals surface area contributed by atoms with Crippen LogP contribution in [0.1, 0.15) is 31.9 Å². The summed E-state index contributed by atoms with van der Waals surface area (Å²) in [6, 6.07) is 18.9. The van der Waals surface area contributed by atoms with Crippen molar-refractivity contribution in [1.29, 1.82) is 0 Å². The molecule has 0 aliphatic rings. The van der Waals surface area contributed by atoms with E-state index in [1.54, 1.807) is 20.8 Å². The van der Waals surface area contributed by atoms with Gasteiger partial charge in [-0.1, -0.05) is 60.7 Å². The zero-order valence-electron chi connectivity index (χ0n) is 13.5. The van der Waals surface area contributed by atoms with Gasteiger partial charge in [-0.05, 0) is 31.9 Å². The zero-order valence-corrected chi connectivity index (χ0v) is 13.5. The molecule has 0 bridgehead atoms. The molecule has 2 rings (SSSR count). The summed E-state index contributed by atoms with van der Waals surface area (Å²) >= 11 is 0. The van der Waals surface area contributed by atoms with Crippen molar-refractivity contribution in [2.45, 2.75) is 26.4 Å². The Morgan fingerprint density at radius 1 is 0.913 bits per heavy atom. The second-order valence-electron chi connectivity index (χ2n) is 6.07. The highest BCUT2D eigenvalue weighted by atomic mass is 16.6. The minimum Gasteiger partial charge on any atom is -0.465 e. The number of carbonyl (C=O) groups is 1. The van der Waals surface area contributed by atoms with Crippen LogP contribution in [-0.2, 0) is 9.53 Å². The maximum Gasteiger partial charge on any atom is 0.337 e. The standard InChI is InChI=1S/C20H19NO2/c1-20(2,3)23-19(22)18(21-4)17(15-11-7-5-8-12-15)16-13-9-6-10-14-16/h5-14H,1-3H3. The molecule has 23 heavy (non-hydrogen) atoms. The quantitative estimate of drug-likeness (QED) is 0.467. The van der Waals surface area contributed by atoms with Gasteiger partial charge in [-0.15, -0.1) is 0 Å². The Morgan fingerprint density at radius 3 is 1.70 bits per heavy atom. The Morgan fingerprint density at radius 2 is 1.35 bits per heavy atom. The van der Waals surface area contributed by atoms with E-state index in [1.165, 1.54) is 0 Å². The fraction of sp³-hybridized carbons (Fsp3) is 0.200. The smallest absolute Gasteiger partial charge is 0.337 e. The molecular weight excluding hydrogens is 286 g/mol. The summed E-state index contributed by atoms with van der Waals surface area (Å²) in [5.74, 6) is -0.602. The molecule has 0 saturated carbocycles. The van der Waals surface area contributed by atoms with Gasteiger partial charge in [0.05, 0.1) is 6.57 Å². The van der Waals surface area contributed by atoms with Crippen LogP contribution in [-0.4, -0.2) is 11.6 Å². The molecule has 0 aromatic heterocycles. The van der Waals surface area contributed by atoms with Crippen LogP contribution in [0.4, 0.5) is 0 Å². The number of ether oxygens (including phenoxy) is 1. The van der Waals surface area contributed by atoms with Gasteiger partial charge in [0, 0.05) is 5.57 Å². The Bertz CT molecular complexity index is 706. The van der Waals surface area contributed by atoms with Crippen molar-refractivity contribution < 1.29 is 9.53 Å². The van der Waals surface area contributed by atoms with Gasteiger partial charge in [0.25, 0.3) is 5.70 Å². The first kappa shape index (κ1) is 16.5. The molecule has 2 aromatic rings. The summed E-state index contributed by atoms with van der Waals surface area (Å²) in [7, 11) is 0. The highest BCUT2D eigenvalue weighted by Crippen LogP contribution is 2.29. The monoisotopic (exact) mass is 305 g/mol. The van der Waals surface area contributed by atoms with E-state index in [0.717, 1.165) is 11.1 Å². The number of benzene rings is 2. The Labute approximate surface area is 137 Å². The SMILES string of the molecule is [C-]#[N+]C(C(=O)OC(C)(C)C)=C(c1ccccc1)c1ccccc1. The molecule has 0 spiro atoms. The number of esters is 1. The largest absolute Gasteiger partial charge is 0.465 e. The molecule has 0 radical (unpaired) electrons. The zero-order chi connectivity index (χ0) is 16.9. The van der Waals surface area contributed by atoms with Gasteiger partial charge < -0.3 is 4.74 Å². The van der Waals surface area contributed by atoms with Gasteiger partial charge >= 0.3 is 5.97 Å². The van der Waals surface area contributed by atoms with Gasteiger partial charge in [-0.25, -0.2) is 4.85 Å². The van der Waals surface area contributed by atoms with Gasteiger partial charge in [-0.2, -0.15) is 0 Å². The maximum absolute atomic E-state index is 12.5. The van der Waals surface area contributed by atoms with E-state index in [2.05, 4.69) is 4.85 Å². The number of nitrogens with zero attached hydrogens (tertiary/aromatic N) is 1. The number of hydrogen-bond acceptors (Lipinski definition) is 2. The summed E-state index contributed by atoms with van der Waals surface area (Å²) in [5.41, 5.74) is 1.57. The van der Waals surface area contributed by atoms with Gasteiger partial charge in [-0.3, -0.25) is 4.79 Å². The first-order chi connectivity index (χ1) is 10.9. The van der Waals surface area contributed by atoms with Crippen LogP contribution in [0, 0.1) is 6.57 Å². The van der Waals surface area contributed by atoms with Crippen LogP contribution in [0.5, 0.6) is 0 Å². The number of rotatable bonds is 3. The van der Waals surface area contributed by atoms with E-state index in [9.17, 15) is 4.79 Å². The molecule has 0 fully saturated rings. The van der Waals surface area contributed by atoms with Crippen molar-refractivity contribution in [2.75, 3.05) is 0 Å². The lowest BCUT2D eigenvalue weighted by atomic mass is 9.96. The Balaban J connectivity index is 2.64. The Kier molecular flexibility index (Phi) is 4.98. The van der Waals surface area contributed by atoms with Crippen molar-refractivity contribution in [1.82, 2.24) is 0 Å². The molecule has 0 aliphatic heterocycles. The molecule has 3 heteroatoms.